The molecular weight excluding hydrogens is 733 g/mol. The fourth-order valence-corrected chi connectivity index (χ4v) is 7.96. The van der Waals surface area contributed by atoms with Gasteiger partial charge in [-0.2, -0.15) is 0 Å². The summed E-state index contributed by atoms with van der Waals surface area (Å²) in [4.78, 5) is 37.9. The van der Waals surface area contributed by atoms with E-state index in [0.717, 1.165) is 69.6 Å². The van der Waals surface area contributed by atoms with Gasteiger partial charge in [-0.15, -0.1) is 0 Å². The van der Waals surface area contributed by atoms with E-state index in [4.69, 9.17) is 14.2 Å². The predicted octanol–water partition coefficient (Wildman–Crippen LogP) is 16.9. The summed E-state index contributed by atoms with van der Waals surface area (Å²) in [5.74, 6) is 0.853. The standard InChI is InChI=1S/C53H102O6/c1-6-8-9-10-11-12-17-23-28-33-38-43-51(54)57-46-50(59-53(56)45-40-35-30-25-20-21-26-31-36-41-48(3)4)47-58-52(55)44-39-34-29-24-19-16-14-13-15-18-22-27-32-37-42-49(5)7-2/h48-50H,6-47H2,1-5H3/t49?,50-/m1/s1. The van der Waals surface area contributed by atoms with Gasteiger partial charge in [-0.1, -0.05) is 253 Å². The molecule has 0 heterocycles. The molecule has 0 aromatic rings. The maximum Gasteiger partial charge on any atom is 0.306 e. The number of carbonyl (C=O) groups excluding carboxylic acids is 3. The monoisotopic (exact) mass is 835 g/mol. The second-order valence-corrected chi connectivity index (χ2v) is 18.9. The lowest BCUT2D eigenvalue weighted by Crippen LogP contribution is -2.30. The van der Waals surface area contributed by atoms with Gasteiger partial charge >= 0.3 is 17.9 Å². The molecule has 0 N–H and O–H groups in total. The topological polar surface area (TPSA) is 78.9 Å². The van der Waals surface area contributed by atoms with Gasteiger partial charge in [0, 0.05) is 19.3 Å². The van der Waals surface area contributed by atoms with Gasteiger partial charge in [0.2, 0.25) is 0 Å². The van der Waals surface area contributed by atoms with Crippen molar-refractivity contribution in [1.82, 2.24) is 0 Å². The average molecular weight is 835 g/mol. The van der Waals surface area contributed by atoms with Gasteiger partial charge < -0.3 is 14.2 Å². The second kappa shape index (κ2) is 45.9. The minimum Gasteiger partial charge on any atom is -0.462 e. The summed E-state index contributed by atoms with van der Waals surface area (Å²) in [5.41, 5.74) is 0. The largest absolute Gasteiger partial charge is 0.462 e. The highest BCUT2D eigenvalue weighted by Gasteiger charge is 2.19. The third-order valence-corrected chi connectivity index (χ3v) is 12.3. The number of unbranched alkanes of at least 4 members (excludes halogenated alkanes) is 31. The minimum atomic E-state index is -0.761. The molecule has 2 atom stereocenters. The van der Waals surface area contributed by atoms with Crippen molar-refractivity contribution < 1.29 is 28.6 Å². The molecular formula is C53H102O6. The van der Waals surface area contributed by atoms with Crippen LogP contribution in [-0.2, 0) is 28.6 Å². The average Bonchev–Trinajstić information content (AvgIpc) is 3.22. The Morgan fingerprint density at radius 1 is 0.356 bits per heavy atom. The van der Waals surface area contributed by atoms with Crippen LogP contribution in [0.3, 0.4) is 0 Å². The first-order valence-corrected chi connectivity index (χ1v) is 26.3. The van der Waals surface area contributed by atoms with E-state index in [2.05, 4.69) is 34.6 Å². The van der Waals surface area contributed by atoms with Crippen LogP contribution in [-0.4, -0.2) is 37.2 Å². The van der Waals surface area contributed by atoms with Crippen molar-refractivity contribution in [2.75, 3.05) is 13.2 Å². The van der Waals surface area contributed by atoms with E-state index in [-0.39, 0.29) is 31.1 Å². The first-order chi connectivity index (χ1) is 28.8. The van der Waals surface area contributed by atoms with Crippen LogP contribution in [0.25, 0.3) is 0 Å². The quantitative estimate of drug-likeness (QED) is 0.0345. The Morgan fingerprint density at radius 3 is 0.966 bits per heavy atom. The van der Waals surface area contributed by atoms with Gasteiger partial charge in [0.15, 0.2) is 6.10 Å². The van der Waals surface area contributed by atoms with E-state index in [1.165, 1.54) is 180 Å². The highest BCUT2D eigenvalue weighted by molar-refractivity contribution is 5.71. The zero-order valence-corrected chi connectivity index (χ0v) is 40.4. The van der Waals surface area contributed by atoms with Crippen LogP contribution in [0.2, 0.25) is 0 Å². The Balaban J connectivity index is 4.27. The molecule has 0 aromatic carbocycles. The van der Waals surface area contributed by atoms with E-state index < -0.39 is 6.10 Å². The van der Waals surface area contributed by atoms with Crippen LogP contribution in [0.15, 0.2) is 0 Å². The summed E-state index contributed by atoms with van der Waals surface area (Å²) >= 11 is 0. The lowest BCUT2D eigenvalue weighted by molar-refractivity contribution is -0.167. The third-order valence-electron chi connectivity index (χ3n) is 12.3. The fraction of sp³-hybridized carbons (Fsp3) is 0.943. The Kier molecular flexibility index (Phi) is 44.7. The van der Waals surface area contributed by atoms with Gasteiger partial charge in [0.25, 0.3) is 0 Å². The second-order valence-electron chi connectivity index (χ2n) is 18.9. The fourth-order valence-electron chi connectivity index (χ4n) is 7.96. The van der Waals surface area contributed by atoms with Gasteiger partial charge in [-0.25, -0.2) is 0 Å². The molecule has 0 saturated carbocycles. The Bertz CT molecular complexity index is 902. The van der Waals surface area contributed by atoms with Crippen molar-refractivity contribution in [3.63, 3.8) is 0 Å². The number of rotatable bonds is 47. The molecule has 0 saturated heterocycles. The maximum atomic E-state index is 12.8. The van der Waals surface area contributed by atoms with E-state index in [9.17, 15) is 14.4 Å². The Morgan fingerprint density at radius 2 is 0.644 bits per heavy atom. The summed E-state index contributed by atoms with van der Waals surface area (Å²) < 4.78 is 16.8. The van der Waals surface area contributed by atoms with Gasteiger partial charge in [0.05, 0.1) is 0 Å². The molecule has 0 rings (SSSR count). The van der Waals surface area contributed by atoms with Gasteiger partial charge in [-0.3, -0.25) is 14.4 Å². The molecule has 1 unspecified atom stereocenters. The summed E-state index contributed by atoms with van der Waals surface area (Å²) in [7, 11) is 0. The van der Waals surface area contributed by atoms with E-state index in [1.807, 2.05) is 0 Å². The molecule has 0 aliphatic rings. The zero-order chi connectivity index (χ0) is 43.3. The third kappa shape index (κ3) is 45.8. The van der Waals surface area contributed by atoms with Crippen LogP contribution in [0.1, 0.15) is 291 Å². The molecule has 0 amide bonds. The molecule has 0 spiro atoms. The Hall–Kier alpha value is -1.59. The first kappa shape index (κ1) is 57.4. The van der Waals surface area contributed by atoms with E-state index in [1.54, 1.807) is 0 Å². The van der Waals surface area contributed by atoms with Crippen LogP contribution in [0.4, 0.5) is 0 Å². The normalized spacial score (nSPS) is 12.5. The molecule has 350 valence electrons. The first-order valence-electron chi connectivity index (χ1n) is 26.3. The summed E-state index contributed by atoms with van der Waals surface area (Å²) in [6.07, 6.45) is 46.5. The summed E-state index contributed by atoms with van der Waals surface area (Å²) in [6, 6.07) is 0. The molecule has 0 radical (unpaired) electrons. The molecule has 0 bridgehead atoms. The molecule has 0 aliphatic heterocycles. The van der Waals surface area contributed by atoms with E-state index in [0.29, 0.717) is 19.3 Å². The van der Waals surface area contributed by atoms with Crippen molar-refractivity contribution in [3.05, 3.63) is 0 Å². The molecule has 6 nitrogen and oxygen atoms in total. The smallest absolute Gasteiger partial charge is 0.306 e. The lowest BCUT2D eigenvalue weighted by atomic mass is 9.99. The van der Waals surface area contributed by atoms with Crippen molar-refractivity contribution in [1.29, 1.82) is 0 Å². The summed E-state index contributed by atoms with van der Waals surface area (Å²) in [5, 5.41) is 0. The minimum absolute atomic E-state index is 0.0638. The van der Waals surface area contributed by atoms with Crippen LogP contribution in [0.5, 0.6) is 0 Å². The number of esters is 3. The molecule has 0 aliphatic carbocycles. The molecule has 0 aromatic heterocycles. The van der Waals surface area contributed by atoms with E-state index >= 15 is 0 Å². The van der Waals surface area contributed by atoms with Crippen LogP contribution >= 0.6 is 0 Å². The van der Waals surface area contributed by atoms with Crippen molar-refractivity contribution in [2.45, 2.75) is 298 Å². The van der Waals surface area contributed by atoms with Crippen molar-refractivity contribution in [2.24, 2.45) is 11.8 Å². The highest BCUT2D eigenvalue weighted by atomic mass is 16.6. The highest BCUT2D eigenvalue weighted by Crippen LogP contribution is 2.18. The van der Waals surface area contributed by atoms with Crippen LogP contribution < -0.4 is 0 Å². The number of carbonyl (C=O) groups is 3. The number of hydrogen-bond donors (Lipinski definition) is 0. The summed E-state index contributed by atoms with van der Waals surface area (Å²) in [6.45, 7) is 11.4. The van der Waals surface area contributed by atoms with Crippen molar-refractivity contribution >= 4 is 17.9 Å². The molecule has 6 heteroatoms. The zero-order valence-electron chi connectivity index (χ0n) is 40.4. The van der Waals surface area contributed by atoms with Gasteiger partial charge in [0.1, 0.15) is 13.2 Å². The predicted molar refractivity (Wildman–Crippen MR) is 252 cm³/mol. The molecule has 0 fully saturated rings. The van der Waals surface area contributed by atoms with Gasteiger partial charge in [-0.05, 0) is 31.1 Å². The Labute approximate surface area is 368 Å². The SMILES string of the molecule is CCCCCCCCCCCCCC(=O)OC[C@H](COC(=O)CCCCCCCCCCCCCCCCC(C)CC)OC(=O)CCCCCCCCCCCC(C)C. The van der Waals surface area contributed by atoms with Crippen LogP contribution in [0, 0.1) is 11.8 Å². The number of hydrogen-bond acceptors (Lipinski definition) is 6. The number of ether oxygens (including phenoxy) is 3. The molecule has 59 heavy (non-hydrogen) atoms. The maximum absolute atomic E-state index is 12.8. The lowest BCUT2D eigenvalue weighted by Gasteiger charge is -2.18. The van der Waals surface area contributed by atoms with Crippen molar-refractivity contribution in [3.8, 4) is 0 Å².